The highest BCUT2D eigenvalue weighted by atomic mass is 16.7. The van der Waals surface area contributed by atoms with E-state index in [1.165, 1.54) is 4.57 Å². The van der Waals surface area contributed by atoms with E-state index in [0.29, 0.717) is 35.5 Å². The second-order valence-electron chi connectivity index (χ2n) is 6.03. The Kier molecular flexibility index (Phi) is 3.80. The average Bonchev–Trinajstić information content (AvgIpc) is 3.10. The molecule has 2 aromatic carbocycles. The third-order valence-electron chi connectivity index (χ3n) is 4.36. The van der Waals surface area contributed by atoms with Crippen LogP contribution in [0, 0.1) is 0 Å². The summed E-state index contributed by atoms with van der Waals surface area (Å²) in [6, 6.07) is 12.8. The molecule has 0 amide bonds. The molecule has 3 aromatic rings. The summed E-state index contributed by atoms with van der Waals surface area (Å²) < 4.78 is 13.7. The Morgan fingerprint density at radius 3 is 2.64 bits per heavy atom. The molecule has 1 aliphatic rings. The van der Waals surface area contributed by atoms with Crippen LogP contribution < -0.4 is 20.7 Å². The first-order valence-electron chi connectivity index (χ1n) is 8.30. The zero-order valence-corrected chi connectivity index (χ0v) is 13.9. The molecule has 0 aliphatic carbocycles. The summed E-state index contributed by atoms with van der Waals surface area (Å²) in [6.45, 7) is 2.93. The van der Waals surface area contributed by atoms with E-state index >= 15 is 0 Å². The van der Waals surface area contributed by atoms with E-state index in [2.05, 4.69) is 0 Å². The highest BCUT2D eigenvalue weighted by Gasteiger charge is 2.16. The first-order valence-corrected chi connectivity index (χ1v) is 8.30. The fourth-order valence-corrected chi connectivity index (χ4v) is 3.17. The summed E-state index contributed by atoms with van der Waals surface area (Å²) in [5, 5.41) is 0.552. The zero-order valence-electron chi connectivity index (χ0n) is 13.9. The predicted molar refractivity (Wildman–Crippen MR) is 94.4 cm³/mol. The van der Waals surface area contributed by atoms with Crippen molar-refractivity contribution in [2.45, 2.75) is 26.4 Å². The third-order valence-corrected chi connectivity index (χ3v) is 4.36. The number of hydrogen-bond acceptors (Lipinski definition) is 4. The summed E-state index contributed by atoms with van der Waals surface area (Å²) in [4.78, 5) is 25.5. The van der Waals surface area contributed by atoms with Gasteiger partial charge < -0.3 is 9.47 Å². The third kappa shape index (κ3) is 2.59. The summed E-state index contributed by atoms with van der Waals surface area (Å²) in [5.74, 6) is 1.38. The summed E-state index contributed by atoms with van der Waals surface area (Å²) in [5.41, 5.74) is 1.04. The fraction of sp³-hybridized carbons (Fsp3) is 0.263. The Morgan fingerprint density at radius 1 is 1.00 bits per heavy atom. The largest absolute Gasteiger partial charge is 0.454 e. The quantitative estimate of drug-likeness (QED) is 0.733. The molecule has 0 N–H and O–H groups in total. The Balaban J connectivity index is 1.89. The molecule has 0 unspecified atom stereocenters. The van der Waals surface area contributed by atoms with Crippen molar-refractivity contribution < 1.29 is 9.47 Å². The van der Waals surface area contributed by atoms with Gasteiger partial charge in [0.1, 0.15) is 0 Å². The molecule has 4 rings (SSSR count). The smallest absolute Gasteiger partial charge is 0.331 e. The lowest BCUT2D eigenvalue weighted by atomic mass is 10.2. The monoisotopic (exact) mass is 338 g/mol. The van der Waals surface area contributed by atoms with Gasteiger partial charge in [-0.05, 0) is 36.2 Å². The first kappa shape index (κ1) is 15.5. The molecule has 25 heavy (non-hydrogen) atoms. The molecule has 0 saturated heterocycles. The minimum Gasteiger partial charge on any atom is -0.454 e. The number of aromatic nitrogens is 2. The van der Waals surface area contributed by atoms with Crippen LogP contribution in [0.3, 0.4) is 0 Å². The van der Waals surface area contributed by atoms with Gasteiger partial charge in [0.15, 0.2) is 11.5 Å². The van der Waals surface area contributed by atoms with Gasteiger partial charge in [0.25, 0.3) is 5.56 Å². The standard InChI is InChI=1S/C19H18N2O4/c1-2-9-20-18(22)14-5-3-4-6-15(14)21(19(20)23)11-13-7-8-16-17(10-13)25-12-24-16/h3-8,10H,2,9,11-12H2,1H3. The molecule has 1 aromatic heterocycles. The van der Waals surface area contributed by atoms with Crippen molar-refractivity contribution in [3.05, 3.63) is 68.9 Å². The summed E-state index contributed by atoms with van der Waals surface area (Å²) in [7, 11) is 0. The number of para-hydroxylation sites is 1. The topological polar surface area (TPSA) is 62.5 Å². The lowest BCUT2D eigenvalue weighted by Gasteiger charge is -2.14. The normalized spacial score (nSPS) is 12.7. The summed E-state index contributed by atoms with van der Waals surface area (Å²) >= 11 is 0. The fourth-order valence-electron chi connectivity index (χ4n) is 3.17. The molecule has 0 atom stereocenters. The van der Waals surface area contributed by atoms with E-state index in [1.54, 1.807) is 16.7 Å². The average molecular weight is 338 g/mol. The number of benzene rings is 2. The van der Waals surface area contributed by atoms with Crippen molar-refractivity contribution in [2.24, 2.45) is 0 Å². The van der Waals surface area contributed by atoms with Gasteiger partial charge in [-0.1, -0.05) is 25.1 Å². The Hall–Kier alpha value is -3.02. The molecule has 2 heterocycles. The second kappa shape index (κ2) is 6.12. The van der Waals surface area contributed by atoms with E-state index in [4.69, 9.17) is 9.47 Å². The van der Waals surface area contributed by atoms with Crippen LogP contribution in [-0.2, 0) is 13.1 Å². The van der Waals surface area contributed by atoms with Crippen LogP contribution in [0.4, 0.5) is 0 Å². The Bertz CT molecular complexity index is 1070. The molecule has 1 aliphatic heterocycles. The van der Waals surface area contributed by atoms with Gasteiger partial charge >= 0.3 is 5.69 Å². The molecule has 0 fully saturated rings. The van der Waals surface area contributed by atoms with E-state index in [9.17, 15) is 9.59 Å². The maximum absolute atomic E-state index is 12.9. The minimum atomic E-state index is -0.289. The van der Waals surface area contributed by atoms with Crippen molar-refractivity contribution in [1.82, 2.24) is 9.13 Å². The highest BCUT2D eigenvalue weighted by molar-refractivity contribution is 5.77. The minimum absolute atomic E-state index is 0.211. The van der Waals surface area contributed by atoms with Gasteiger partial charge in [0, 0.05) is 6.54 Å². The first-order chi connectivity index (χ1) is 12.2. The van der Waals surface area contributed by atoms with Gasteiger partial charge in [-0.15, -0.1) is 0 Å². The maximum atomic E-state index is 12.9. The molecular formula is C19H18N2O4. The Morgan fingerprint density at radius 2 is 1.80 bits per heavy atom. The van der Waals surface area contributed by atoms with Crippen LogP contribution in [0.5, 0.6) is 11.5 Å². The van der Waals surface area contributed by atoms with E-state index in [-0.39, 0.29) is 18.0 Å². The van der Waals surface area contributed by atoms with Crippen molar-refractivity contribution in [1.29, 1.82) is 0 Å². The molecule has 0 bridgehead atoms. The second-order valence-corrected chi connectivity index (χ2v) is 6.03. The molecule has 0 radical (unpaired) electrons. The van der Waals surface area contributed by atoms with Crippen molar-refractivity contribution in [3.8, 4) is 11.5 Å². The van der Waals surface area contributed by atoms with Gasteiger partial charge in [-0.25, -0.2) is 4.79 Å². The Labute approximate surface area is 143 Å². The van der Waals surface area contributed by atoms with Gasteiger partial charge in [-0.3, -0.25) is 13.9 Å². The van der Waals surface area contributed by atoms with Crippen molar-refractivity contribution >= 4 is 10.9 Å². The molecular weight excluding hydrogens is 320 g/mol. The van der Waals surface area contributed by atoms with Crippen LogP contribution in [0.1, 0.15) is 18.9 Å². The zero-order chi connectivity index (χ0) is 17.4. The van der Waals surface area contributed by atoms with Crippen LogP contribution >= 0.6 is 0 Å². The molecule has 128 valence electrons. The number of rotatable bonds is 4. The lowest BCUT2D eigenvalue weighted by Crippen LogP contribution is -2.40. The summed E-state index contributed by atoms with van der Waals surface area (Å²) in [6.07, 6.45) is 0.720. The highest BCUT2D eigenvalue weighted by Crippen LogP contribution is 2.32. The molecule has 6 nitrogen and oxygen atoms in total. The van der Waals surface area contributed by atoms with Crippen LogP contribution in [0.2, 0.25) is 0 Å². The van der Waals surface area contributed by atoms with Crippen LogP contribution in [0.25, 0.3) is 10.9 Å². The van der Waals surface area contributed by atoms with Gasteiger partial charge in [-0.2, -0.15) is 0 Å². The van der Waals surface area contributed by atoms with E-state index in [0.717, 1.165) is 12.0 Å². The molecule has 0 saturated carbocycles. The van der Waals surface area contributed by atoms with Gasteiger partial charge in [0.2, 0.25) is 6.79 Å². The lowest BCUT2D eigenvalue weighted by molar-refractivity contribution is 0.174. The van der Waals surface area contributed by atoms with Gasteiger partial charge in [0.05, 0.1) is 17.4 Å². The molecule has 0 spiro atoms. The maximum Gasteiger partial charge on any atom is 0.331 e. The van der Waals surface area contributed by atoms with Crippen molar-refractivity contribution in [2.75, 3.05) is 6.79 Å². The van der Waals surface area contributed by atoms with E-state index in [1.807, 2.05) is 37.3 Å². The van der Waals surface area contributed by atoms with E-state index < -0.39 is 0 Å². The number of ether oxygens (including phenoxy) is 2. The number of fused-ring (bicyclic) bond motifs is 2. The number of hydrogen-bond donors (Lipinski definition) is 0. The SMILES string of the molecule is CCCn1c(=O)c2ccccc2n(Cc2ccc3c(c2)OCO3)c1=O. The predicted octanol–water partition coefficient (Wildman–Crippen LogP) is 2.35. The van der Waals surface area contributed by atoms with Crippen molar-refractivity contribution in [3.63, 3.8) is 0 Å². The molecule has 6 heteroatoms. The van der Waals surface area contributed by atoms with Crippen LogP contribution in [-0.4, -0.2) is 15.9 Å². The van der Waals surface area contributed by atoms with Crippen LogP contribution in [0.15, 0.2) is 52.1 Å². The number of nitrogens with zero attached hydrogens (tertiary/aromatic N) is 2.